The molecule has 29 heavy (non-hydrogen) atoms. The van der Waals surface area contributed by atoms with E-state index in [2.05, 4.69) is 5.32 Å². The number of rotatable bonds is 8. The van der Waals surface area contributed by atoms with Crippen molar-refractivity contribution in [3.63, 3.8) is 0 Å². The van der Waals surface area contributed by atoms with Crippen LogP contribution in [0.3, 0.4) is 0 Å². The van der Waals surface area contributed by atoms with Gasteiger partial charge in [-0.25, -0.2) is 9.59 Å². The van der Waals surface area contributed by atoms with Crippen molar-refractivity contribution in [2.45, 2.75) is 27.3 Å². The number of carbonyl (C=O) groups excluding carboxylic acids is 3. The fraction of sp³-hybridized carbons (Fsp3) is 0.400. The predicted molar refractivity (Wildman–Crippen MR) is 111 cm³/mol. The van der Waals surface area contributed by atoms with Crippen molar-refractivity contribution in [2.24, 2.45) is 0 Å². The number of aromatic nitrogens is 1. The van der Waals surface area contributed by atoms with Gasteiger partial charge in [0.2, 0.25) is 6.54 Å². The summed E-state index contributed by atoms with van der Waals surface area (Å²) in [6, 6.07) is 3.79. The second-order valence-corrected chi connectivity index (χ2v) is 7.39. The van der Waals surface area contributed by atoms with Crippen molar-refractivity contribution in [3.05, 3.63) is 40.5 Å². The van der Waals surface area contributed by atoms with Gasteiger partial charge in [0.15, 0.2) is 12.4 Å². The zero-order chi connectivity index (χ0) is 21.6. The van der Waals surface area contributed by atoms with E-state index in [1.807, 2.05) is 31.1 Å². The Labute approximate surface area is 174 Å². The lowest BCUT2D eigenvalue weighted by atomic mass is 10.1. The fourth-order valence-electron chi connectivity index (χ4n) is 2.63. The molecule has 2 aromatic heterocycles. The highest BCUT2D eigenvalue weighted by molar-refractivity contribution is 7.18. The normalized spacial score (nSPS) is 10.4. The number of nitrogens with zero attached hydrogens (tertiary/aromatic N) is 2. The van der Waals surface area contributed by atoms with Gasteiger partial charge in [-0.3, -0.25) is 4.79 Å². The molecule has 0 aliphatic rings. The zero-order valence-electron chi connectivity index (χ0n) is 17.3. The molecule has 1 amide bonds. The summed E-state index contributed by atoms with van der Waals surface area (Å²) < 4.78 is 11.9. The molecule has 2 heterocycles. The average Bonchev–Trinajstić information content (AvgIpc) is 2.98. The van der Waals surface area contributed by atoms with E-state index in [-0.39, 0.29) is 41.1 Å². The molecule has 0 unspecified atom stereocenters. The van der Waals surface area contributed by atoms with Crippen LogP contribution in [-0.4, -0.2) is 45.2 Å². The lowest BCUT2D eigenvalue weighted by Crippen LogP contribution is -2.39. The van der Waals surface area contributed by atoms with Gasteiger partial charge in [0, 0.05) is 31.9 Å². The molecule has 0 saturated heterocycles. The van der Waals surface area contributed by atoms with Gasteiger partial charge in [-0.2, -0.15) is 4.57 Å². The minimum atomic E-state index is -0.588. The molecule has 0 atom stereocenters. The quantitative estimate of drug-likeness (QED) is 0.521. The van der Waals surface area contributed by atoms with Crippen LogP contribution in [0.1, 0.15) is 39.4 Å². The highest BCUT2D eigenvalue weighted by atomic mass is 32.1. The third-order valence-electron chi connectivity index (χ3n) is 4.06. The number of amides is 1. The number of esters is 2. The van der Waals surface area contributed by atoms with Gasteiger partial charge in [-0.05, 0) is 26.3 Å². The average molecular weight is 421 g/mol. The van der Waals surface area contributed by atoms with Gasteiger partial charge in [0.1, 0.15) is 9.88 Å². The summed E-state index contributed by atoms with van der Waals surface area (Å²) in [4.78, 5) is 39.4. The Morgan fingerprint density at radius 3 is 2.21 bits per heavy atom. The summed E-state index contributed by atoms with van der Waals surface area (Å²) in [5.74, 6) is -1.44. The van der Waals surface area contributed by atoms with E-state index in [0.717, 1.165) is 17.0 Å². The SMILES string of the molecule is CCOC(=O)c1sc(NC(=O)C[n+]2ccc(N(C)C)cc2)c(C(=O)OCC)c1C. The number of anilines is 2. The molecule has 8 nitrogen and oxygen atoms in total. The summed E-state index contributed by atoms with van der Waals surface area (Å²) in [6.45, 7) is 5.49. The molecule has 156 valence electrons. The largest absolute Gasteiger partial charge is 0.462 e. The molecule has 9 heteroatoms. The van der Waals surface area contributed by atoms with Crippen molar-refractivity contribution < 1.29 is 28.4 Å². The fourth-order valence-corrected chi connectivity index (χ4v) is 3.73. The minimum absolute atomic E-state index is 0.0572. The summed E-state index contributed by atoms with van der Waals surface area (Å²) in [7, 11) is 3.87. The minimum Gasteiger partial charge on any atom is -0.462 e. The van der Waals surface area contributed by atoms with Crippen LogP contribution in [-0.2, 0) is 20.8 Å². The van der Waals surface area contributed by atoms with Crippen LogP contribution in [0.25, 0.3) is 0 Å². The number of hydrogen-bond donors (Lipinski definition) is 1. The van der Waals surface area contributed by atoms with Crippen molar-refractivity contribution in [2.75, 3.05) is 37.5 Å². The van der Waals surface area contributed by atoms with E-state index in [9.17, 15) is 14.4 Å². The first-order chi connectivity index (χ1) is 13.8. The Morgan fingerprint density at radius 1 is 1.07 bits per heavy atom. The second-order valence-electron chi connectivity index (χ2n) is 6.37. The number of nitrogens with one attached hydrogen (secondary N) is 1. The highest BCUT2D eigenvalue weighted by Gasteiger charge is 2.27. The van der Waals surface area contributed by atoms with Gasteiger partial charge in [-0.15, -0.1) is 11.3 Å². The first-order valence-electron chi connectivity index (χ1n) is 9.22. The Bertz CT molecular complexity index is 890. The summed E-state index contributed by atoms with van der Waals surface area (Å²) in [5.41, 5.74) is 1.63. The third-order valence-corrected chi connectivity index (χ3v) is 5.24. The number of ether oxygens (including phenoxy) is 2. The molecule has 0 aromatic carbocycles. The maximum Gasteiger partial charge on any atom is 0.348 e. The number of pyridine rings is 1. The Hall–Kier alpha value is -2.94. The van der Waals surface area contributed by atoms with E-state index in [1.54, 1.807) is 37.7 Å². The van der Waals surface area contributed by atoms with Crippen LogP contribution in [0.4, 0.5) is 10.7 Å². The van der Waals surface area contributed by atoms with Crippen molar-refractivity contribution >= 4 is 39.9 Å². The molecule has 0 aliphatic carbocycles. The zero-order valence-corrected chi connectivity index (χ0v) is 18.1. The van der Waals surface area contributed by atoms with Crippen molar-refractivity contribution in [1.82, 2.24) is 0 Å². The van der Waals surface area contributed by atoms with Crippen molar-refractivity contribution in [3.8, 4) is 0 Å². The van der Waals surface area contributed by atoms with E-state index in [1.165, 1.54) is 0 Å². The van der Waals surface area contributed by atoms with Crippen LogP contribution in [0, 0.1) is 6.92 Å². The smallest absolute Gasteiger partial charge is 0.348 e. The third kappa shape index (κ3) is 5.54. The van der Waals surface area contributed by atoms with Crippen LogP contribution in [0.15, 0.2) is 24.5 Å². The molecular formula is C20H26N3O5S+. The monoisotopic (exact) mass is 420 g/mol. The number of thiophene rings is 1. The van der Waals surface area contributed by atoms with E-state index in [0.29, 0.717) is 5.56 Å². The molecule has 0 radical (unpaired) electrons. The molecular weight excluding hydrogens is 394 g/mol. The molecule has 0 aliphatic heterocycles. The van der Waals surface area contributed by atoms with Crippen LogP contribution in [0.2, 0.25) is 0 Å². The Kier molecular flexibility index (Phi) is 7.72. The Balaban J connectivity index is 2.25. The topological polar surface area (TPSA) is 88.8 Å². The molecule has 2 aromatic rings. The van der Waals surface area contributed by atoms with Gasteiger partial charge >= 0.3 is 11.9 Å². The molecule has 0 saturated carbocycles. The van der Waals surface area contributed by atoms with E-state index in [4.69, 9.17) is 9.47 Å². The first-order valence-corrected chi connectivity index (χ1v) is 10.0. The predicted octanol–water partition coefficient (Wildman–Crippen LogP) is 2.40. The van der Waals surface area contributed by atoms with E-state index >= 15 is 0 Å². The van der Waals surface area contributed by atoms with Gasteiger partial charge < -0.3 is 19.7 Å². The molecule has 1 N–H and O–H groups in total. The van der Waals surface area contributed by atoms with E-state index < -0.39 is 11.9 Å². The molecule has 0 fully saturated rings. The van der Waals surface area contributed by atoms with Crippen molar-refractivity contribution in [1.29, 1.82) is 0 Å². The van der Waals surface area contributed by atoms with Crippen LogP contribution in [0.5, 0.6) is 0 Å². The van der Waals surface area contributed by atoms with Gasteiger partial charge in [0.25, 0.3) is 5.91 Å². The summed E-state index contributed by atoms with van der Waals surface area (Å²) in [5, 5.41) is 3.01. The molecule has 0 spiro atoms. The number of carbonyl (C=O) groups is 3. The van der Waals surface area contributed by atoms with Gasteiger partial charge in [0.05, 0.1) is 18.8 Å². The maximum atomic E-state index is 12.5. The lowest BCUT2D eigenvalue weighted by Gasteiger charge is -2.10. The lowest BCUT2D eigenvalue weighted by molar-refractivity contribution is -0.684. The van der Waals surface area contributed by atoms with Gasteiger partial charge in [-0.1, -0.05) is 0 Å². The molecule has 0 bridgehead atoms. The first kappa shape index (κ1) is 22.4. The highest BCUT2D eigenvalue weighted by Crippen LogP contribution is 2.34. The number of hydrogen-bond acceptors (Lipinski definition) is 7. The molecule has 2 rings (SSSR count). The standard InChI is InChI=1S/C20H25N3O5S/c1-6-27-19(25)16-13(3)17(20(26)28-7-2)29-18(16)21-15(24)12-23-10-8-14(9-11-23)22(4)5/h8-11H,6-7,12H2,1-5H3/p+1. The maximum absolute atomic E-state index is 12.5. The second kappa shape index (κ2) is 10.0. The van der Waals surface area contributed by atoms with Crippen LogP contribution < -0.4 is 14.8 Å². The summed E-state index contributed by atoms with van der Waals surface area (Å²) in [6.07, 6.45) is 3.59. The van der Waals surface area contributed by atoms with Crippen LogP contribution >= 0.6 is 11.3 Å². The Morgan fingerprint density at radius 2 is 1.66 bits per heavy atom. The summed E-state index contributed by atoms with van der Waals surface area (Å²) >= 11 is 1.01.